The summed E-state index contributed by atoms with van der Waals surface area (Å²) in [6.07, 6.45) is 2.58. The van der Waals surface area contributed by atoms with E-state index in [-0.39, 0.29) is 12.8 Å². The van der Waals surface area contributed by atoms with Crippen LogP contribution in [-0.4, -0.2) is 88.9 Å². The van der Waals surface area contributed by atoms with Crippen LogP contribution in [0.5, 0.6) is 17.2 Å². The Labute approximate surface area is 531 Å². The molecule has 0 bridgehead atoms. The van der Waals surface area contributed by atoms with E-state index in [0.717, 1.165) is 7.11 Å². The number of methoxy groups -OCH3 is 1. The molecule has 0 aliphatic rings. The van der Waals surface area contributed by atoms with Gasteiger partial charge < -0.3 is 39.8 Å². The number of halogens is 14. The van der Waals surface area contributed by atoms with E-state index in [9.17, 15) is 81.8 Å². The van der Waals surface area contributed by atoms with Crippen molar-refractivity contribution in [3.63, 3.8) is 0 Å². The lowest BCUT2D eigenvalue weighted by molar-refractivity contribution is -0.143. The van der Waals surface area contributed by atoms with E-state index < -0.39 is 130 Å². The predicted molar refractivity (Wildman–Crippen MR) is 312 cm³/mol. The second kappa shape index (κ2) is 31.2. The highest BCUT2D eigenvalue weighted by Gasteiger charge is 2.31. The number of aromatic nitrogens is 2. The molecule has 9 aromatic rings. The van der Waals surface area contributed by atoms with E-state index >= 15 is 0 Å². The summed E-state index contributed by atoms with van der Waals surface area (Å²) >= 11 is 12.8. The number of hydrogen-bond donors (Lipinski definition) is 4. The lowest BCUT2D eigenvalue weighted by Crippen LogP contribution is -2.43. The molecule has 0 aliphatic heterocycles. The number of hydrogen-bond acceptors (Lipinski definition) is 11. The quantitative estimate of drug-likeness (QED) is 0.0337. The van der Waals surface area contributed by atoms with Crippen LogP contribution >= 0.6 is 23.2 Å². The molecule has 31 heteroatoms. The Morgan fingerprint density at radius 3 is 1.22 bits per heavy atom. The van der Waals surface area contributed by atoms with Gasteiger partial charge in [0.2, 0.25) is 0 Å². The highest BCUT2D eigenvalue weighted by molar-refractivity contribution is 6.34. The minimum Gasteiger partial charge on any atom is -0.480 e. The van der Waals surface area contributed by atoms with Gasteiger partial charge in [0.15, 0.2) is 46.1 Å². The number of carboxylic acids is 2. The molecule has 17 nitrogen and oxygen atoms in total. The monoisotopic (exact) mass is 1350 g/mol. The second-order valence-corrected chi connectivity index (χ2v) is 19.7. The van der Waals surface area contributed by atoms with E-state index in [0.29, 0.717) is 113 Å². The Balaban J connectivity index is 0.000000219. The van der Waals surface area contributed by atoms with Crippen LogP contribution in [-0.2, 0) is 27.2 Å². The number of rotatable bonds is 19. The third kappa shape index (κ3) is 16.7. The Bertz CT molecular complexity index is 4500. The van der Waals surface area contributed by atoms with Crippen LogP contribution in [0.4, 0.5) is 64.1 Å². The number of nitrogens with zero attached hydrogens (tertiary/aromatic N) is 4. The standard InChI is InChI=1S/C28H18ClF4N3O4.C27H16ClF4N3O4.C8H4F4O3/c1-34-15-6-8-17(19(29)13-15)18-7-5-14(16-4-3-11-35-25(16)18)12-21(27(38)39-2)36-26(37)23-20(30)9-10-22(24(23)31)40-28(32)33;1-33-14-5-7-16(18(28)12-14)17-6-4-13(15-3-2-10-34-24(15)17)11-20(26(37)38)35-25(36)22-19(29)8-9-21(23(22)30)39-27(31)32;9-3-1-2-4(15-8(11)12)6(10)5(3)7(13)14/h3-11,13,21,28H,12H2,2H3,(H,36,37);2-10,12,20,27H,11H2,(H,35,36)(H,37,38);1-2,8H,(H,13,14)/t21-;20-;/m00./s1. The summed E-state index contributed by atoms with van der Waals surface area (Å²) in [5, 5.41) is 24.1. The molecule has 0 fully saturated rings. The average molecular weight is 1350 g/mol. The molecule has 2 atom stereocenters. The molecule has 2 aromatic heterocycles. The van der Waals surface area contributed by atoms with Gasteiger partial charge in [0.25, 0.3) is 11.8 Å². The third-order valence-corrected chi connectivity index (χ3v) is 13.8. The summed E-state index contributed by atoms with van der Waals surface area (Å²) in [5.41, 5.74) is 1.25. The number of ether oxygens (including phenoxy) is 4. The molecule has 0 saturated carbocycles. The lowest BCUT2D eigenvalue weighted by Gasteiger charge is -2.19. The number of alkyl halides is 6. The number of carboxylic acid groups (broad SMARTS) is 2. The molecule has 4 N–H and O–H groups in total. The SMILES string of the molecule is O=C(O)c1c(F)ccc(OC(F)F)c1F.[C-]#[N+]c1ccc(-c2ccc(C[C@H](NC(=O)c3c(F)ccc(OC(F)F)c3F)C(=O)O)c3cccnc23)c(Cl)c1.[C-]#[N+]c1ccc(-c2ccc(C[C@H](NC(=O)c3c(F)ccc(OC(F)F)c3F)C(=O)OC)c3cccnc23)c(Cl)c1. The highest BCUT2D eigenvalue weighted by Crippen LogP contribution is 2.39. The zero-order valence-electron chi connectivity index (χ0n) is 47.2. The molecule has 9 rings (SSSR count). The molecular formula is C63H38Cl2F12N6O11. The van der Waals surface area contributed by atoms with Crippen molar-refractivity contribution in [1.29, 1.82) is 0 Å². The van der Waals surface area contributed by atoms with Crippen molar-refractivity contribution in [3.05, 3.63) is 229 Å². The van der Waals surface area contributed by atoms with Crippen LogP contribution in [0.1, 0.15) is 42.2 Å². The van der Waals surface area contributed by atoms with Gasteiger partial charge in [-0.3, -0.25) is 19.6 Å². The van der Waals surface area contributed by atoms with Gasteiger partial charge in [-0.25, -0.2) is 50.4 Å². The first-order chi connectivity index (χ1) is 44.7. The van der Waals surface area contributed by atoms with Gasteiger partial charge in [0, 0.05) is 57.2 Å². The Hall–Kier alpha value is -11.2. The summed E-state index contributed by atoms with van der Waals surface area (Å²) in [7, 11) is 1.07. The molecule has 0 unspecified atom stereocenters. The number of pyridine rings is 2. The molecule has 0 aliphatic carbocycles. The van der Waals surface area contributed by atoms with E-state index in [4.69, 9.17) is 46.2 Å². The van der Waals surface area contributed by atoms with Gasteiger partial charge in [-0.05, 0) is 82.9 Å². The molecule has 2 heterocycles. The first-order valence-electron chi connectivity index (χ1n) is 26.2. The van der Waals surface area contributed by atoms with Gasteiger partial charge in [-0.2, -0.15) is 26.3 Å². The number of carbonyl (C=O) groups excluding carboxylic acids is 3. The smallest absolute Gasteiger partial charge is 0.387 e. The van der Waals surface area contributed by atoms with Crippen molar-refractivity contribution >= 4 is 86.1 Å². The minimum atomic E-state index is -3.43. The normalized spacial score (nSPS) is 11.5. The molecule has 0 radical (unpaired) electrons. The van der Waals surface area contributed by atoms with Crippen molar-refractivity contribution in [1.82, 2.24) is 20.6 Å². The summed E-state index contributed by atoms with van der Waals surface area (Å²) in [6, 6.07) is 23.2. The van der Waals surface area contributed by atoms with Crippen LogP contribution in [0.2, 0.25) is 10.0 Å². The summed E-state index contributed by atoms with van der Waals surface area (Å²) in [6.45, 7) is 4.14. The topological polar surface area (TPSA) is 221 Å². The maximum Gasteiger partial charge on any atom is 0.387 e. The average Bonchev–Trinajstić information content (AvgIpc) is 0.810. The molecule has 7 aromatic carbocycles. The van der Waals surface area contributed by atoms with Crippen molar-refractivity contribution in [2.45, 2.75) is 44.8 Å². The van der Waals surface area contributed by atoms with E-state index in [1.807, 2.05) is 5.32 Å². The number of aromatic carboxylic acids is 1. The second-order valence-electron chi connectivity index (χ2n) is 18.9. The zero-order valence-corrected chi connectivity index (χ0v) is 48.7. The maximum absolute atomic E-state index is 14.7. The van der Waals surface area contributed by atoms with Gasteiger partial charge in [-0.15, -0.1) is 0 Å². The largest absolute Gasteiger partial charge is 0.480 e. The molecule has 0 saturated heterocycles. The lowest BCUT2D eigenvalue weighted by atomic mass is 9.95. The first-order valence-corrected chi connectivity index (χ1v) is 27.0. The minimum absolute atomic E-state index is 0.179. The van der Waals surface area contributed by atoms with Crippen LogP contribution < -0.4 is 24.8 Å². The third-order valence-electron chi connectivity index (χ3n) is 13.2. The predicted octanol–water partition coefficient (Wildman–Crippen LogP) is 15.2. The number of amides is 2. The van der Waals surface area contributed by atoms with E-state index in [1.165, 1.54) is 18.3 Å². The fraction of sp³-hybridized carbons (Fsp3) is 0.127. The van der Waals surface area contributed by atoms with Crippen molar-refractivity contribution in [2.75, 3.05) is 7.11 Å². The van der Waals surface area contributed by atoms with Gasteiger partial charge >= 0.3 is 37.7 Å². The number of fused-ring (bicyclic) bond motifs is 2. The number of aliphatic carboxylic acids is 1. The van der Waals surface area contributed by atoms with Crippen molar-refractivity contribution < 1.29 is 106 Å². The molecule has 2 amide bonds. The van der Waals surface area contributed by atoms with Crippen molar-refractivity contribution in [3.8, 4) is 39.5 Å². The van der Waals surface area contributed by atoms with E-state index in [2.05, 4.69) is 39.2 Å². The summed E-state index contributed by atoms with van der Waals surface area (Å²) in [4.78, 5) is 76.0. The first kappa shape index (κ1) is 70.3. The Kier molecular flexibility index (Phi) is 23.4. The van der Waals surface area contributed by atoms with Gasteiger partial charge in [0.05, 0.1) is 31.3 Å². The van der Waals surface area contributed by atoms with Gasteiger partial charge in [-0.1, -0.05) is 83.9 Å². The van der Waals surface area contributed by atoms with Crippen LogP contribution in [0.3, 0.4) is 0 Å². The molecule has 0 spiro atoms. The number of benzene rings is 7. The fourth-order valence-corrected chi connectivity index (χ4v) is 9.60. The number of esters is 1. The number of nitrogens with one attached hydrogen (secondary N) is 2. The van der Waals surface area contributed by atoms with Crippen molar-refractivity contribution in [2.24, 2.45) is 0 Å². The zero-order chi connectivity index (χ0) is 68.8. The van der Waals surface area contributed by atoms with Gasteiger partial charge in [0.1, 0.15) is 46.2 Å². The van der Waals surface area contributed by atoms with Crippen LogP contribution in [0, 0.1) is 48.0 Å². The summed E-state index contributed by atoms with van der Waals surface area (Å²) in [5.74, 6) is -19.4. The van der Waals surface area contributed by atoms with E-state index in [1.54, 1.807) is 79.0 Å². The highest BCUT2D eigenvalue weighted by atomic mass is 35.5. The number of carbonyl (C=O) groups is 5. The Morgan fingerprint density at radius 1 is 0.511 bits per heavy atom. The maximum atomic E-state index is 14.7. The van der Waals surface area contributed by atoms with Crippen LogP contribution in [0.15, 0.2) is 134 Å². The Morgan fingerprint density at radius 2 is 0.872 bits per heavy atom. The fourth-order valence-electron chi connectivity index (χ4n) is 9.05. The molecule has 94 heavy (non-hydrogen) atoms. The summed E-state index contributed by atoms with van der Waals surface area (Å²) < 4.78 is 174. The molecule has 484 valence electrons. The molecular weight excluding hydrogens is 1320 g/mol. The van der Waals surface area contributed by atoms with Crippen LogP contribution in [0.25, 0.3) is 53.7 Å².